The molecule has 0 rings (SSSR count). The van der Waals surface area contributed by atoms with E-state index in [1.807, 2.05) is 6.92 Å². The lowest BCUT2D eigenvalue weighted by Gasteiger charge is -1.81. The second kappa shape index (κ2) is 2.33. The van der Waals surface area contributed by atoms with Crippen molar-refractivity contribution >= 4 is 12.6 Å². The van der Waals surface area contributed by atoms with Crippen molar-refractivity contribution in [3.05, 3.63) is 12.7 Å². The van der Waals surface area contributed by atoms with E-state index in [1.165, 1.54) is 0 Å². The van der Waals surface area contributed by atoms with Gasteiger partial charge in [0.2, 0.25) is 0 Å². The molecule has 0 aromatic heterocycles. The Labute approximate surface area is 38.3 Å². The molecule has 0 aromatic carbocycles. The summed E-state index contributed by atoms with van der Waals surface area (Å²) in [6, 6.07) is 0. The lowest BCUT2D eigenvalue weighted by atomic mass is 10.5. The predicted molar refractivity (Wildman–Crippen MR) is 27.2 cm³/mol. The van der Waals surface area contributed by atoms with E-state index in [0.29, 0.717) is 0 Å². The highest BCUT2D eigenvalue weighted by Gasteiger charge is 1.76. The molecule has 1 unspecified atom stereocenters. The maximum atomic E-state index is 4.66. The van der Waals surface area contributed by atoms with Gasteiger partial charge >= 0.3 is 0 Å². The molecule has 0 saturated heterocycles. The molecule has 0 N–H and O–H groups in total. The van der Waals surface area contributed by atoms with E-state index in [0.717, 1.165) is 0 Å². The second-order valence-electron chi connectivity index (χ2n) is 0.941. The van der Waals surface area contributed by atoms with Crippen molar-refractivity contribution in [2.75, 3.05) is 0 Å². The molecule has 0 aliphatic carbocycles. The van der Waals surface area contributed by atoms with Gasteiger partial charge in [0.05, 0.1) is 0 Å². The van der Waals surface area contributed by atoms with Crippen LogP contribution < -0.4 is 0 Å². The molecule has 0 heterocycles. The molecule has 1 atom stereocenters. The van der Waals surface area contributed by atoms with Crippen LogP contribution in [0.15, 0.2) is 12.7 Å². The molecule has 0 aliphatic rings. The Morgan fingerprint density at radius 1 is 2.00 bits per heavy atom. The van der Waals surface area contributed by atoms with Crippen LogP contribution in [0.3, 0.4) is 0 Å². The Kier molecular flexibility index (Phi) is 2.38. The van der Waals surface area contributed by atoms with Gasteiger partial charge in [-0.05, 0) is 6.92 Å². The molecular weight excluding hydrogens is 80.1 g/mol. The standard InChI is InChI=1S/C4H7S/c1-3-4(2)5/h3-4H,1H2,2H3. The van der Waals surface area contributed by atoms with E-state index in [-0.39, 0.29) is 5.25 Å². The van der Waals surface area contributed by atoms with Gasteiger partial charge in [0.1, 0.15) is 0 Å². The third kappa shape index (κ3) is 4.09. The van der Waals surface area contributed by atoms with Crippen molar-refractivity contribution in [1.29, 1.82) is 0 Å². The van der Waals surface area contributed by atoms with Crippen molar-refractivity contribution in [1.82, 2.24) is 0 Å². The zero-order valence-corrected chi connectivity index (χ0v) is 4.09. The molecule has 0 nitrogen and oxygen atoms in total. The third-order valence-electron chi connectivity index (χ3n) is 0.332. The molecule has 0 amide bonds. The van der Waals surface area contributed by atoms with E-state index < -0.39 is 0 Å². The summed E-state index contributed by atoms with van der Waals surface area (Å²) in [5, 5.41) is 0.231. The van der Waals surface area contributed by atoms with Crippen molar-refractivity contribution in [2.24, 2.45) is 0 Å². The van der Waals surface area contributed by atoms with Crippen LogP contribution >= 0.6 is 12.6 Å². The minimum atomic E-state index is 0.231. The molecule has 5 heavy (non-hydrogen) atoms. The highest BCUT2D eigenvalue weighted by Crippen LogP contribution is 1.88. The van der Waals surface area contributed by atoms with Gasteiger partial charge in [0.15, 0.2) is 0 Å². The molecule has 0 fully saturated rings. The van der Waals surface area contributed by atoms with Crippen molar-refractivity contribution < 1.29 is 0 Å². The molecule has 29 valence electrons. The lowest BCUT2D eigenvalue weighted by Crippen LogP contribution is -1.75. The smallest absolute Gasteiger partial charge is 0.0300 e. The van der Waals surface area contributed by atoms with E-state index >= 15 is 0 Å². The van der Waals surface area contributed by atoms with Crippen LogP contribution in [0, 0.1) is 0 Å². The maximum Gasteiger partial charge on any atom is 0.0300 e. The van der Waals surface area contributed by atoms with E-state index in [1.54, 1.807) is 6.08 Å². The fourth-order valence-electron chi connectivity index (χ4n) is 0. The first kappa shape index (κ1) is 5.09. The van der Waals surface area contributed by atoms with Crippen LogP contribution in [-0.2, 0) is 0 Å². The first-order valence-corrected chi connectivity index (χ1v) is 2.03. The molecular formula is C4H7S. The number of rotatable bonds is 1. The first-order chi connectivity index (χ1) is 2.27. The minimum Gasteiger partial charge on any atom is -0.102 e. The van der Waals surface area contributed by atoms with E-state index in [4.69, 9.17) is 0 Å². The summed E-state index contributed by atoms with van der Waals surface area (Å²) in [5.41, 5.74) is 0. The summed E-state index contributed by atoms with van der Waals surface area (Å²) in [6.07, 6.45) is 1.73. The van der Waals surface area contributed by atoms with Crippen molar-refractivity contribution in [3.8, 4) is 0 Å². The number of hydrogen-bond acceptors (Lipinski definition) is 0. The average Bonchev–Trinajstić information content (AvgIpc) is 1.38. The van der Waals surface area contributed by atoms with Gasteiger partial charge in [-0.25, -0.2) is 0 Å². The minimum absolute atomic E-state index is 0.231. The molecule has 0 aliphatic heterocycles. The monoisotopic (exact) mass is 87.0 g/mol. The summed E-state index contributed by atoms with van der Waals surface area (Å²) in [4.78, 5) is 0. The summed E-state index contributed by atoms with van der Waals surface area (Å²) in [5.74, 6) is 0. The second-order valence-corrected chi connectivity index (χ2v) is 1.68. The summed E-state index contributed by atoms with van der Waals surface area (Å²) in [6.45, 7) is 5.38. The summed E-state index contributed by atoms with van der Waals surface area (Å²) < 4.78 is 0. The third-order valence-corrected chi connectivity index (χ3v) is 0.524. The molecule has 0 aromatic rings. The molecule has 0 bridgehead atoms. The predicted octanol–water partition coefficient (Wildman–Crippen LogP) is 1.76. The van der Waals surface area contributed by atoms with Gasteiger partial charge in [-0.15, -0.1) is 6.58 Å². The van der Waals surface area contributed by atoms with Crippen LogP contribution in [0.25, 0.3) is 0 Å². The summed E-state index contributed by atoms with van der Waals surface area (Å²) >= 11 is 4.66. The highest BCUT2D eigenvalue weighted by atomic mass is 32.1. The molecule has 1 heteroatoms. The zero-order chi connectivity index (χ0) is 4.28. The van der Waals surface area contributed by atoms with Gasteiger partial charge in [-0.2, -0.15) is 0 Å². The molecule has 0 saturated carbocycles. The number of hydrogen-bond donors (Lipinski definition) is 0. The largest absolute Gasteiger partial charge is 0.102 e. The van der Waals surface area contributed by atoms with Gasteiger partial charge in [-0.3, -0.25) is 0 Å². The van der Waals surface area contributed by atoms with Gasteiger partial charge < -0.3 is 0 Å². The molecule has 1 radical (unpaired) electrons. The van der Waals surface area contributed by atoms with Crippen LogP contribution in [-0.4, -0.2) is 5.25 Å². The van der Waals surface area contributed by atoms with Crippen molar-refractivity contribution in [3.63, 3.8) is 0 Å². The Bertz CT molecular complexity index is 30.6. The Hall–Kier alpha value is 0.0900. The Morgan fingerprint density at radius 3 is 2.20 bits per heavy atom. The molecule has 0 spiro atoms. The van der Waals surface area contributed by atoms with Crippen LogP contribution in [0.2, 0.25) is 0 Å². The van der Waals surface area contributed by atoms with E-state index in [9.17, 15) is 0 Å². The highest BCUT2D eigenvalue weighted by molar-refractivity contribution is 7.81. The first-order valence-electron chi connectivity index (χ1n) is 1.55. The zero-order valence-electron chi connectivity index (χ0n) is 3.27. The van der Waals surface area contributed by atoms with Crippen LogP contribution in [0.4, 0.5) is 0 Å². The van der Waals surface area contributed by atoms with Gasteiger partial charge in [0.25, 0.3) is 0 Å². The Balaban J connectivity index is 2.83. The lowest BCUT2D eigenvalue weighted by molar-refractivity contribution is 1.27. The van der Waals surface area contributed by atoms with Crippen molar-refractivity contribution in [2.45, 2.75) is 12.2 Å². The quantitative estimate of drug-likeness (QED) is 0.427. The average molecular weight is 87.2 g/mol. The maximum absolute atomic E-state index is 4.66. The van der Waals surface area contributed by atoms with Crippen LogP contribution in [0.5, 0.6) is 0 Å². The van der Waals surface area contributed by atoms with Gasteiger partial charge in [-0.1, -0.05) is 18.7 Å². The normalized spacial score (nSPS) is 14.0. The van der Waals surface area contributed by atoms with Gasteiger partial charge in [0, 0.05) is 5.25 Å². The Morgan fingerprint density at radius 2 is 2.20 bits per heavy atom. The topological polar surface area (TPSA) is 0 Å². The van der Waals surface area contributed by atoms with Crippen LogP contribution in [0.1, 0.15) is 6.92 Å². The fourth-order valence-corrected chi connectivity index (χ4v) is 0. The SMILES string of the molecule is C=CC(C)[S]. The van der Waals surface area contributed by atoms with E-state index in [2.05, 4.69) is 19.2 Å². The fraction of sp³-hybridized carbons (Fsp3) is 0.500. The summed E-state index contributed by atoms with van der Waals surface area (Å²) in [7, 11) is 0.